The largest absolute Gasteiger partial charge is 0.462 e. The van der Waals surface area contributed by atoms with E-state index in [2.05, 4.69) is 86.4 Å². The van der Waals surface area contributed by atoms with Crippen LogP contribution in [0.1, 0.15) is 130 Å². The fraction of sp³-hybridized carbons (Fsp3) is 0.560. The monoisotopic (exact) mass is 876 g/mol. The molecule has 6 aliphatic rings. The number of benzene rings is 2. The number of carbonyl (C=O) groups is 4. The minimum atomic E-state index is -1.22. The second-order valence-electron chi connectivity index (χ2n) is 20.6. The Morgan fingerprint density at radius 3 is 1.20 bits per heavy atom. The van der Waals surface area contributed by atoms with Crippen molar-refractivity contribution < 1.29 is 38.1 Å². The number of hydrogen-bond acceptors (Lipinski definition) is 10. The van der Waals surface area contributed by atoms with Crippen LogP contribution >= 0.6 is 0 Å². The average Bonchev–Trinajstić information content (AvgIpc) is 3.97. The zero-order valence-electron chi connectivity index (χ0n) is 38.5. The lowest BCUT2D eigenvalue weighted by Gasteiger charge is -2.50. The van der Waals surface area contributed by atoms with Crippen LogP contribution in [-0.2, 0) is 38.1 Å². The molecule has 4 aromatic rings. The number of carbonyl (C=O) groups excluding carboxylic acids is 4. The maximum absolute atomic E-state index is 14.2. The predicted molar refractivity (Wildman–Crippen MR) is 240 cm³/mol. The van der Waals surface area contributed by atoms with E-state index >= 15 is 0 Å². The van der Waals surface area contributed by atoms with Crippen LogP contribution in [0, 0.1) is 22.7 Å². The molecule has 2 unspecified atom stereocenters. The van der Waals surface area contributed by atoms with E-state index < -0.39 is 46.1 Å². The molecule has 4 saturated heterocycles. The molecule has 2 amide bonds. The lowest BCUT2D eigenvalue weighted by molar-refractivity contribution is -0.220. The summed E-state index contributed by atoms with van der Waals surface area (Å²) in [4.78, 5) is 68.6. The van der Waals surface area contributed by atoms with E-state index in [-0.39, 0.29) is 49.1 Å². The minimum Gasteiger partial charge on any atom is -0.462 e. The molecule has 2 saturated carbocycles. The Bertz CT molecular complexity index is 2160. The molecule has 4 aliphatic heterocycles. The van der Waals surface area contributed by atoms with E-state index in [1.807, 2.05) is 24.3 Å². The number of fused-ring (bicyclic) bond motifs is 6. The van der Waals surface area contributed by atoms with Gasteiger partial charge in [-0.25, -0.2) is 9.97 Å². The molecule has 4 N–H and O–H groups in total. The Balaban J connectivity index is 0.948. The maximum Gasteiger partial charge on any atom is 0.302 e. The summed E-state index contributed by atoms with van der Waals surface area (Å²) in [6.07, 6.45) is 10.6. The molecule has 2 aromatic carbocycles. The Labute approximate surface area is 375 Å². The van der Waals surface area contributed by atoms with Gasteiger partial charge in [0.05, 0.1) is 48.1 Å². The van der Waals surface area contributed by atoms with Gasteiger partial charge in [0.15, 0.2) is 11.2 Å². The quantitative estimate of drug-likeness (QED) is 0.0952. The molecule has 14 heteroatoms. The van der Waals surface area contributed by atoms with Crippen molar-refractivity contribution in [2.75, 3.05) is 13.2 Å². The van der Waals surface area contributed by atoms with Gasteiger partial charge in [-0.05, 0) is 84.5 Å². The number of aromatic amines is 2. The highest BCUT2D eigenvalue weighted by Gasteiger charge is 2.57. The number of rotatable bonds is 13. The summed E-state index contributed by atoms with van der Waals surface area (Å²) in [6.45, 7) is 14.8. The molecular formula is C50H64N6O8. The molecule has 6 heterocycles. The molecule has 4 atom stereocenters. The Hall–Kier alpha value is -5.34. The van der Waals surface area contributed by atoms with E-state index in [4.69, 9.17) is 28.9 Å². The highest BCUT2D eigenvalue weighted by atomic mass is 16.6. The number of H-pyrrole nitrogens is 2. The van der Waals surface area contributed by atoms with E-state index in [0.717, 1.165) is 85.0 Å². The molecule has 2 aliphatic carbocycles. The Kier molecular flexibility index (Phi) is 12.4. The van der Waals surface area contributed by atoms with Crippen molar-refractivity contribution in [3.8, 4) is 33.6 Å². The summed E-state index contributed by atoms with van der Waals surface area (Å²) < 4.78 is 23.7. The van der Waals surface area contributed by atoms with Gasteiger partial charge in [0.2, 0.25) is 0 Å². The van der Waals surface area contributed by atoms with Gasteiger partial charge < -0.3 is 39.5 Å². The molecule has 10 rings (SSSR count). The Morgan fingerprint density at radius 1 is 0.594 bits per heavy atom. The summed E-state index contributed by atoms with van der Waals surface area (Å²) in [5.41, 5.74) is 2.36. The first-order valence-corrected chi connectivity index (χ1v) is 22.9. The fourth-order valence-corrected chi connectivity index (χ4v) is 10.3. The first-order chi connectivity index (χ1) is 30.3. The Morgan fingerprint density at radius 2 is 0.922 bits per heavy atom. The number of nitrogens with zero attached hydrogens (tertiary/aromatic N) is 2. The molecule has 4 bridgehead atoms. The van der Waals surface area contributed by atoms with Crippen LogP contribution in [0.15, 0.2) is 60.9 Å². The minimum absolute atomic E-state index is 0.0256. The lowest BCUT2D eigenvalue weighted by atomic mass is 9.71. The summed E-state index contributed by atoms with van der Waals surface area (Å²) in [7, 11) is 0. The van der Waals surface area contributed by atoms with Crippen LogP contribution in [0.5, 0.6) is 0 Å². The smallest absolute Gasteiger partial charge is 0.302 e. The van der Waals surface area contributed by atoms with Gasteiger partial charge in [-0.3, -0.25) is 19.2 Å². The highest BCUT2D eigenvalue weighted by Crippen LogP contribution is 2.47. The van der Waals surface area contributed by atoms with Crippen molar-refractivity contribution >= 4 is 23.8 Å². The summed E-state index contributed by atoms with van der Waals surface area (Å²) >= 11 is 0. The van der Waals surface area contributed by atoms with E-state index in [1.54, 1.807) is 12.4 Å². The van der Waals surface area contributed by atoms with Crippen LogP contribution in [0.3, 0.4) is 0 Å². The normalized spacial score (nSPS) is 26.2. The fourth-order valence-electron chi connectivity index (χ4n) is 10.3. The molecule has 0 radical (unpaired) electrons. The number of ether oxygens (including phenoxy) is 4. The van der Waals surface area contributed by atoms with E-state index in [1.165, 1.54) is 13.8 Å². The van der Waals surface area contributed by atoms with Gasteiger partial charge in [0, 0.05) is 25.7 Å². The van der Waals surface area contributed by atoms with Crippen molar-refractivity contribution in [1.82, 2.24) is 30.6 Å². The van der Waals surface area contributed by atoms with Gasteiger partial charge in [-0.1, -0.05) is 90.1 Å². The van der Waals surface area contributed by atoms with Gasteiger partial charge in [0.1, 0.15) is 24.9 Å². The topological polar surface area (TPSA) is 187 Å². The van der Waals surface area contributed by atoms with Gasteiger partial charge in [-0.15, -0.1) is 0 Å². The van der Waals surface area contributed by atoms with Crippen molar-refractivity contribution in [2.45, 2.75) is 142 Å². The number of aromatic nitrogens is 4. The third-order valence-electron chi connectivity index (χ3n) is 13.9. The number of esters is 2. The number of nitrogens with one attached hydrogen (secondary N) is 4. The maximum atomic E-state index is 14.2. The lowest BCUT2D eigenvalue weighted by Crippen LogP contribution is -2.64. The number of hydrogen-bond donors (Lipinski definition) is 4. The van der Waals surface area contributed by atoms with Crippen LogP contribution in [0.25, 0.3) is 33.6 Å². The predicted octanol–water partition coefficient (Wildman–Crippen LogP) is 8.32. The third kappa shape index (κ3) is 9.13. The number of imidazole rings is 2. The standard InChI is InChI=1S/C50H64N6O8/c1-29(57)61-27-49(35-17-21-37(63-49)22-18-35)45(59)55-41(47(3,4)5)43-51-25-39(53-43)33-13-9-31(10-14-33)32-11-15-34(16-12-32)40-26-52-44(54-40)42(48(6,7)8)56-46(60)50(28-62-30(2)58)36-19-23-38(64-50)24-20-36/h9-16,25-26,35-38,41-42H,17-24,27-28H2,1-8H3,(H,51,53)(H,52,54)(H,55,59)(H,56,60)/t35?,36?,37?,38?,41-,42-,49?,50?/m1/s1. The molecule has 64 heavy (non-hydrogen) atoms. The van der Waals surface area contributed by atoms with Crippen LogP contribution in [0.4, 0.5) is 0 Å². The molecule has 0 spiro atoms. The van der Waals surface area contributed by atoms with Crippen molar-refractivity contribution in [3.05, 3.63) is 72.6 Å². The molecular weight excluding hydrogens is 813 g/mol. The highest BCUT2D eigenvalue weighted by molar-refractivity contribution is 5.88. The van der Waals surface area contributed by atoms with Gasteiger partial charge >= 0.3 is 11.9 Å². The van der Waals surface area contributed by atoms with Gasteiger partial charge in [0.25, 0.3) is 11.8 Å². The van der Waals surface area contributed by atoms with Crippen molar-refractivity contribution in [3.63, 3.8) is 0 Å². The first-order valence-electron chi connectivity index (χ1n) is 22.9. The second kappa shape index (κ2) is 17.6. The van der Waals surface area contributed by atoms with Crippen molar-refractivity contribution in [2.24, 2.45) is 22.7 Å². The SMILES string of the molecule is CC(=O)OCC1(C(=O)N[C@H](c2ncc(-c3ccc(-c4ccc(-c5cnc([C@@H](NC(=O)C6(COC(C)=O)OC7CCC6CC7)C(C)(C)C)[nH]5)cc4)cc3)[nH]2)C(C)(C)C)OC2CCC1CC2. The summed E-state index contributed by atoms with van der Waals surface area (Å²) in [6, 6.07) is 15.6. The first kappa shape index (κ1) is 45.2. The zero-order chi connectivity index (χ0) is 45.6. The molecule has 342 valence electrons. The molecule has 14 nitrogen and oxygen atoms in total. The second-order valence-corrected chi connectivity index (χ2v) is 20.6. The van der Waals surface area contributed by atoms with E-state index in [9.17, 15) is 19.2 Å². The molecule has 6 fully saturated rings. The summed E-state index contributed by atoms with van der Waals surface area (Å²) in [5, 5.41) is 6.52. The van der Waals surface area contributed by atoms with Crippen molar-refractivity contribution in [1.29, 1.82) is 0 Å². The zero-order valence-corrected chi connectivity index (χ0v) is 38.5. The van der Waals surface area contributed by atoms with Crippen LogP contribution in [-0.4, -0.2) is 80.3 Å². The van der Waals surface area contributed by atoms with Gasteiger partial charge in [-0.2, -0.15) is 0 Å². The third-order valence-corrected chi connectivity index (χ3v) is 13.9. The van der Waals surface area contributed by atoms with E-state index in [0.29, 0.717) is 11.6 Å². The van der Waals surface area contributed by atoms with Crippen LogP contribution < -0.4 is 10.6 Å². The van der Waals surface area contributed by atoms with Crippen LogP contribution in [0.2, 0.25) is 0 Å². The molecule has 2 aromatic heterocycles. The average molecular weight is 877 g/mol. The number of amides is 2. The summed E-state index contributed by atoms with van der Waals surface area (Å²) in [5.74, 6) is -0.221.